The van der Waals surface area contributed by atoms with Crippen molar-refractivity contribution in [3.05, 3.63) is 141 Å². The zero-order chi connectivity index (χ0) is 52.4. The Bertz CT molecular complexity index is 3260. The minimum Gasteiger partial charge on any atom is -0.492 e. The van der Waals surface area contributed by atoms with Crippen molar-refractivity contribution in [2.75, 3.05) is 56.1 Å². The molecule has 4 fully saturated rings. The molecule has 2 saturated carbocycles. The van der Waals surface area contributed by atoms with Crippen LogP contribution in [0.2, 0.25) is 0 Å². The van der Waals surface area contributed by atoms with E-state index in [1.807, 2.05) is 19.1 Å². The maximum absolute atomic E-state index is 14.1. The Morgan fingerprint density at radius 1 is 0.987 bits per heavy atom. The van der Waals surface area contributed by atoms with Gasteiger partial charge in [0.05, 0.1) is 33.8 Å². The monoisotopic (exact) mass is 1040 g/mol. The number of nitrogens with one attached hydrogen (secondary N) is 3. The van der Waals surface area contributed by atoms with E-state index in [-0.39, 0.29) is 39.8 Å². The molecule has 3 aliphatic heterocycles. The number of benzene rings is 4. The van der Waals surface area contributed by atoms with Crippen molar-refractivity contribution in [1.29, 1.82) is 0 Å². The SMILES string of the molecule is CC(C)c1ccccc1[C@@H]1CN(Cc2ccc3c(c2)OCC3(C)C)CCN1C1CC2(C1)CN(c1ccc(C(=O)NS(=O)(=O)c3ccc(NCC4CCC(C)(O)CC4)c([N+](=O)[O-])c3)c(Oc3cnc4[nH]ccc4c3)c1)C2. The van der Waals surface area contributed by atoms with Crippen LogP contribution in [0.3, 0.4) is 0 Å². The van der Waals surface area contributed by atoms with Crippen LogP contribution in [-0.4, -0.2) is 102 Å². The lowest BCUT2D eigenvalue weighted by Crippen LogP contribution is -2.68. The second-order valence-corrected chi connectivity index (χ2v) is 24.9. The smallest absolute Gasteiger partial charge is 0.293 e. The molecule has 4 N–H and O–H groups in total. The number of pyridine rings is 1. The number of hydrogen-bond acceptors (Lipinski definition) is 13. The van der Waals surface area contributed by atoms with Gasteiger partial charge in [-0.3, -0.25) is 24.7 Å². The van der Waals surface area contributed by atoms with Gasteiger partial charge in [0.1, 0.15) is 28.6 Å². The van der Waals surface area contributed by atoms with Gasteiger partial charge in [-0.25, -0.2) is 18.1 Å². The lowest BCUT2D eigenvalue weighted by Gasteiger charge is -2.63. The normalized spacial score (nSPS) is 22.6. The summed E-state index contributed by atoms with van der Waals surface area (Å²) in [5.41, 5.74) is 6.04. The standard InChI is InChI=1S/C58H68N8O8S/c1-37(2)45-8-6-7-9-46(45)51-33-63(32-39-10-14-48-53(24-39)73-36-56(48,3)4)22-23-65(51)42-28-58(29-42)34-64(35-58)41-11-13-47(52(26-41)74-43-25-40-18-21-59-54(40)61-31-43)55(67)62-75(71,72)44-12-15-49(50(27-44)66(69)70)60-30-38-16-19-57(5,68)20-17-38/h6-15,18,21,24-27,31,37-38,42,51,60,68H,16-17,19-20,22-23,28-30,32-36H2,1-5H3,(H,59,61)(H,62,67)/t38?,51-,57?/m0/s1. The van der Waals surface area contributed by atoms with Gasteiger partial charge in [-0.2, -0.15) is 0 Å². The van der Waals surface area contributed by atoms with Crippen LogP contribution in [0.25, 0.3) is 11.0 Å². The Morgan fingerprint density at radius 3 is 2.55 bits per heavy atom. The van der Waals surface area contributed by atoms with Gasteiger partial charge in [0.2, 0.25) is 0 Å². The zero-order valence-corrected chi connectivity index (χ0v) is 44.3. The Morgan fingerprint density at radius 2 is 1.77 bits per heavy atom. The largest absolute Gasteiger partial charge is 0.492 e. The lowest BCUT2D eigenvalue weighted by atomic mass is 9.59. The van der Waals surface area contributed by atoms with Crippen molar-refractivity contribution in [3.8, 4) is 17.2 Å². The highest BCUT2D eigenvalue weighted by atomic mass is 32.2. The van der Waals surface area contributed by atoms with Crippen molar-refractivity contribution >= 4 is 44.0 Å². The number of carbonyl (C=O) groups excluding carboxylic acids is 1. The minimum atomic E-state index is -4.59. The van der Waals surface area contributed by atoms with Crippen LogP contribution in [0.1, 0.15) is 118 Å². The van der Waals surface area contributed by atoms with Crippen molar-refractivity contribution in [1.82, 2.24) is 24.5 Å². The summed E-state index contributed by atoms with van der Waals surface area (Å²) in [6.45, 7) is 17.4. The van der Waals surface area contributed by atoms with E-state index in [2.05, 4.69) is 105 Å². The van der Waals surface area contributed by atoms with Gasteiger partial charge in [-0.15, -0.1) is 0 Å². The second kappa shape index (κ2) is 19.6. The number of nitro groups is 1. The van der Waals surface area contributed by atoms with E-state index >= 15 is 0 Å². The fourth-order valence-corrected chi connectivity index (χ4v) is 13.4. The number of rotatable bonds is 15. The summed E-state index contributed by atoms with van der Waals surface area (Å²) in [5.74, 6) is 1.15. The Labute approximate surface area is 439 Å². The third-order valence-corrected chi connectivity index (χ3v) is 18.1. The highest BCUT2D eigenvalue weighted by Crippen LogP contribution is 2.54. The van der Waals surface area contributed by atoms with Crippen LogP contribution in [0.15, 0.2) is 108 Å². The fraction of sp³-hybridized carbons (Fsp3) is 0.448. The molecule has 17 heteroatoms. The molecule has 1 amide bonds. The van der Waals surface area contributed by atoms with E-state index in [0.717, 1.165) is 87.8 Å². The third kappa shape index (κ3) is 10.3. The molecule has 2 aromatic heterocycles. The number of ether oxygens (including phenoxy) is 2. The number of sulfonamides is 1. The molecule has 5 heterocycles. The number of piperazine rings is 1. The number of fused-ring (bicyclic) bond motifs is 2. The van der Waals surface area contributed by atoms with Crippen molar-refractivity contribution in [2.45, 2.75) is 114 Å². The number of aromatic nitrogens is 2. The highest BCUT2D eigenvalue weighted by molar-refractivity contribution is 7.90. The van der Waals surface area contributed by atoms with Crippen molar-refractivity contribution in [3.63, 3.8) is 0 Å². The number of carbonyl (C=O) groups is 1. The summed E-state index contributed by atoms with van der Waals surface area (Å²) in [4.78, 5) is 40.5. The molecular formula is C58H68N8O8S. The second-order valence-electron chi connectivity index (χ2n) is 23.3. The molecule has 16 nitrogen and oxygen atoms in total. The van der Waals surface area contributed by atoms with E-state index in [0.29, 0.717) is 49.3 Å². The predicted molar refractivity (Wildman–Crippen MR) is 289 cm³/mol. The van der Waals surface area contributed by atoms with Crippen LogP contribution in [0.4, 0.5) is 17.1 Å². The van der Waals surface area contributed by atoms with Gasteiger partial charge in [-0.05, 0) is 116 Å². The van der Waals surface area contributed by atoms with Crippen molar-refractivity contribution in [2.24, 2.45) is 11.3 Å². The molecule has 0 radical (unpaired) electrons. The number of nitrogens with zero attached hydrogens (tertiary/aromatic N) is 5. The molecule has 4 aromatic carbocycles. The average Bonchev–Trinajstić information content (AvgIpc) is 3.95. The van der Waals surface area contributed by atoms with Crippen LogP contribution >= 0.6 is 0 Å². The molecule has 1 spiro atoms. The molecular weight excluding hydrogens is 969 g/mol. The molecule has 5 aliphatic rings. The van der Waals surface area contributed by atoms with Crippen LogP contribution in [-0.2, 0) is 22.0 Å². The zero-order valence-electron chi connectivity index (χ0n) is 43.5. The molecule has 11 rings (SSSR count). The van der Waals surface area contributed by atoms with Gasteiger partial charge < -0.3 is 29.8 Å². The number of aromatic amines is 1. The summed E-state index contributed by atoms with van der Waals surface area (Å²) in [5, 5.41) is 26.5. The number of H-pyrrole nitrogens is 1. The van der Waals surface area contributed by atoms with Crippen molar-refractivity contribution < 1.29 is 32.7 Å². The van der Waals surface area contributed by atoms with Gasteiger partial charge in [-0.1, -0.05) is 64.1 Å². The van der Waals surface area contributed by atoms with E-state index in [9.17, 15) is 28.4 Å². The molecule has 394 valence electrons. The number of amides is 1. The lowest BCUT2D eigenvalue weighted by molar-refractivity contribution is -0.384. The summed E-state index contributed by atoms with van der Waals surface area (Å²) in [7, 11) is -4.59. The fourth-order valence-electron chi connectivity index (χ4n) is 12.4. The van der Waals surface area contributed by atoms with Gasteiger partial charge >= 0.3 is 0 Å². The number of anilines is 2. The average molecular weight is 1040 g/mol. The van der Waals surface area contributed by atoms with Crippen LogP contribution < -0.4 is 24.4 Å². The molecule has 0 bridgehead atoms. The van der Waals surface area contributed by atoms with Gasteiger partial charge in [0, 0.05) is 104 Å². The molecule has 6 aromatic rings. The van der Waals surface area contributed by atoms with Gasteiger partial charge in [0.25, 0.3) is 21.6 Å². The first-order chi connectivity index (χ1) is 35.8. The van der Waals surface area contributed by atoms with Crippen LogP contribution in [0.5, 0.6) is 17.2 Å². The predicted octanol–water partition coefficient (Wildman–Crippen LogP) is 10.1. The molecule has 2 saturated heterocycles. The number of nitro benzene ring substituents is 1. The maximum Gasteiger partial charge on any atom is 0.293 e. The van der Waals surface area contributed by atoms with E-state index in [1.165, 1.54) is 34.4 Å². The molecule has 2 aliphatic carbocycles. The summed E-state index contributed by atoms with van der Waals surface area (Å²) < 4.78 is 42.4. The third-order valence-electron chi connectivity index (χ3n) is 16.8. The Hall–Kier alpha value is -6.53. The topological polar surface area (TPSA) is 195 Å². The first-order valence-corrected chi connectivity index (χ1v) is 27.9. The maximum atomic E-state index is 14.1. The first-order valence-electron chi connectivity index (χ1n) is 26.5. The first kappa shape index (κ1) is 50.6. The summed E-state index contributed by atoms with van der Waals surface area (Å²) in [6.07, 6.45) is 8.25. The minimum absolute atomic E-state index is 0.0271. The number of aliphatic hydroxyl groups is 1. The van der Waals surface area contributed by atoms with Gasteiger partial charge in [0.15, 0.2) is 0 Å². The Balaban J connectivity index is 0.786. The Kier molecular flexibility index (Phi) is 13.2. The molecule has 1 atom stereocenters. The van der Waals surface area contributed by atoms with E-state index in [1.54, 1.807) is 30.6 Å². The van der Waals surface area contributed by atoms with E-state index in [4.69, 9.17) is 9.47 Å². The van der Waals surface area contributed by atoms with E-state index < -0.39 is 37.0 Å². The quantitative estimate of drug-likeness (QED) is 0.0561. The summed E-state index contributed by atoms with van der Waals surface area (Å²) in [6, 6.07) is 28.8. The highest BCUT2D eigenvalue weighted by Gasteiger charge is 2.55. The summed E-state index contributed by atoms with van der Waals surface area (Å²) >= 11 is 0. The number of hydrogen-bond donors (Lipinski definition) is 4. The molecule has 0 unspecified atom stereocenters. The molecule has 75 heavy (non-hydrogen) atoms. The van der Waals surface area contributed by atoms with Crippen LogP contribution in [0, 0.1) is 21.4 Å².